The van der Waals surface area contributed by atoms with Crippen molar-refractivity contribution in [3.8, 4) is 5.75 Å². The minimum atomic E-state index is -0.819. The second-order valence-corrected chi connectivity index (χ2v) is 10.5. The molecule has 2 aliphatic rings. The van der Waals surface area contributed by atoms with E-state index < -0.39 is 6.04 Å². The van der Waals surface area contributed by atoms with Crippen molar-refractivity contribution in [1.82, 2.24) is 4.90 Å². The number of carbonyl (C=O) groups excluding carboxylic acids is 3. The Bertz CT molecular complexity index is 1090. The molecule has 0 bridgehead atoms. The molecule has 1 unspecified atom stereocenters. The van der Waals surface area contributed by atoms with Crippen LogP contribution < -0.4 is 9.64 Å². The highest BCUT2D eigenvalue weighted by Gasteiger charge is 2.69. The van der Waals surface area contributed by atoms with Crippen LogP contribution in [0.1, 0.15) is 52.2 Å². The fourth-order valence-corrected chi connectivity index (χ4v) is 5.20. The summed E-state index contributed by atoms with van der Waals surface area (Å²) < 4.78 is 5.47. The summed E-state index contributed by atoms with van der Waals surface area (Å²) in [6.07, 6.45) is -0.0166. The van der Waals surface area contributed by atoms with Crippen LogP contribution >= 0.6 is 0 Å². The van der Waals surface area contributed by atoms with Gasteiger partial charge in [-0.3, -0.25) is 14.4 Å². The Labute approximate surface area is 201 Å². The minimum Gasteiger partial charge on any atom is -0.494 e. The molecular formula is C28H34N2O4. The van der Waals surface area contributed by atoms with Crippen molar-refractivity contribution < 1.29 is 19.1 Å². The number of ether oxygens (including phenoxy) is 1. The fourth-order valence-electron chi connectivity index (χ4n) is 5.20. The molecule has 4 rings (SSSR count). The zero-order chi connectivity index (χ0) is 24.8. The van der Waals surface area contributed by atoms with Crippen molar-refractivity contribution in [2.45, 2.75) is 60.5 Å². The van der Waals surface area contributed by atoms with Crippen molar-refractivity contribution in [3.05, 3.63) is 59.7 Å². The molecule has 1 atom stereocenters. The first-order chi connectivity index (χ1) is 16.0. The quantitative estimate of drug-likeness (QED) is 0.558. The number of aryl methyl sites for hydroxylation is 1. The Balaban J connectivity index is 1.64. The lowest BCUT2D eigenvalue weighted by molar-refractivity contribution is -0.141. The number of benzene rings is 2. The van der Waals surface area contributed by atoms with E-state index in [-0.39, 0.29) is 40.9 Å². The predicted octanol–water partition coefficient (Wildman–Crippen LogP) is 4.74. The lowest BCUT2D eigenvalue weighted by Crippen LogP contribution is -2.46. The smallest absolute Gasteiger partial charge is 0.257 e. The van der Waals surface area contributed by atoms with Crippen molar-refractivity contribution in [2.75, 3.05) is 11.5 Å². The number of anilines is 1. The summed E-state index contributed by atoms with van der Waals surface area (Å²) in [6, 6.07) is 14.0. The summed E-state index contributed by atoms with van der Waals surface area (Å²) in [5.41, 5.74) is 2.22. The number of nitrogens with zero attached hydrogens (tertiary/aromatic N) is 2. The van der Waals surface area contributed by atoms with Crippen molar-refractivity contribution >= 4 is 23.4 Å². The molecule has 180 valence electrons. The average molecular weight is 463 g/mol. The van der Waals surface area contributed by atoms with Gasteiger partial charge in [-0.25, -0.2) is 4.90 Å². The SMILES string of the molecule is CCOc1ccc(N2C(=O)CC(N(Cc3ccc(C)cc3)C(=O)C3C(C)(C)C3(C)C)C2=O)cc1. The monoisotopic (exact) mass is 462 g/mol. The van der Waals surface area contributed by atoms with Gasteiger partial charge in [0.25, 0.3) is 5.91 Å². The molecular weight excluding hydrogens is 428 g/mol. The normalized spacial score (nSPS) is 21.0. The highest BCUT2D eigenvalue weighted by atomic mass is 16.5. The molecule has 6 nitrogen and oxygen atoms in total. The van der Waals surface area contributed by atoms with Crippen LogP contribution in [0.25, 0.3) is 0 Å². The standard InChI is InChI=1S/C28H34N2O4/c1-7-34-21-14-12-20(13-15-21)30-23(31)16-22(25(30)32)29(17-19-10-8-18(2)9-11-19)26(33)24-27(3,4)28(24,5)6/h8-15,22,24H,7,16-17H2,1-6H3. The molecule has 0 N–H and O–H groups in total. The molecule has 0 aromatic heterocycles. The molecule has 1 saturated heterocycles. The second kappa shape index (κ2) is 8.57. The zero-order valence-electron chi connectivity index (χ0n) is 20.9. The van der Waals surface area contributed by atoms with E-state index >= 15 is 0 Å². The number of hydrogen-bond donors (Lipinski definition) is 0. The van der Waals surface area contributed by atoms with Crippen LogP contribution in [0, 0.1) is 23.7 Å². The van der Waals surface area contributed by atoms with E-state index in [2.05, 4.69) is 27.7 Å². The Hall–Kier alpha value is -3.15. The van der Waals surface area contributed by atoms with Gasteiger partial charge in [-0.1, -0.05) is 57.5 Å². The topological polar surface area (TPSA) is 66.9 Å². The third-order valence-corrected chi connectivity index (χ3v) is 7.93. The van der Waals surface area contributed by atoms with Crippen LogP contribution in [-0.2, 0) is 20.9 Å². The third-order valence-electron chi connectivity index (χ3n) is 7.93. The lowest BCUT2D eigenvalue weighted by Gasteiger charge is -2.29. The maximum atomic E-state index is 13.8. The van der Waals surface area contributed by atoms with E-state index in [0.717, 1.165) is 11.1 Å². The molecule has 0 radical (unpaired) electrons. The first kappa shape index (κ1) is 24.0. The van der Waals surface area contributed by atoms with Crippen LogP contribution in [0.15, 0.2) is 48.5 Å². The van der Waals surface area contributed by atoms with Crippen LogP contribution in [0.4, 0.5) is 5.69 Å². The van der Waals surface area contributed by atoms with E-state index in [1.165, 1.54) is 4.90 Å². The fraction of sp³-hybridized carbons (Fsp3) is 0.464. The summed E-state index contributed by atoms with van der Waals surface area (Å²) in [5, 5.41) is 0. The largest absolute Gasteiger partial charge is 0.494 e. The summed E-state index contributed by atoms with van der Waals surface area (Å²) in [4.78, 5) is 43.3. The number of rotatable bonds is 7. The molecule has 2 aromatic carbocycles. The molecule has 34 heavy (non-hydrogen) atoms. The third kappa shape index (κ3) is 3.99. The van der Waals surface area contributed by atoms with Crippen LogP contribution in [0.5, 0.6) is 5.75 Å². The Morgan fingerprint density at radius 3 is 2.12 bits per heavy atom. The second-order valence-electron chi connectivity index (χ2n) is 10.5. The summed E-state index contributed by atoms with van der Waals surface area (Å²) >= 11 is 0. The van der Waals surface area contributed by atoms with E-state index in [9.17, 15) is 14.4 Å². The molecule has 1 heterocycles. The highest BCUT2D eigenvalue weighted by Crippen LogP contribution is 2.69. The van der Waals surface area contributed by atoms with Gasteiger partial charge in [0.15, 0.2) is 0 Å². The van der Waals surface area contributed by atoms with Gasteiger partial charge in [0.1, 0.15) is 11.8 Å². The zero-order valence-corrected chi connectivity index (χ0v) is 20.9. The van der Waals surface area contributed by atoms with Gasteiger partial charge in [0.05, 0.1) is 18.7 Å². The van der Waals surface area contributed by atoms with Crippen molar-refractivity contribution in [3.63, 3.8) is 0 Å². The molecule has 2 aromatic rings. The Morgan fingerprint density at radius 2 is 1.59 bits per heavy atom. The summed E-state index contributed by atoms with van der Waals surface area (Å²) in [6.45, 7) is 13.1. The highest BCUT2D eigenvalue weighted by molar-refractivity contribution is 6.23. The van der Waals surface area contributed by atoms with E-state index in [4.69, 9.17) is 4.74 Å². The first-order valence-electron chi connectivity index (χ1n) is 11.9. The van der Waals surface area contributed by atoms with E-state index in [1.807, 2.05) is 38.1 Å². The number of amides is 3. The number of carbonyl (C=O) groups is 3. The minimum absolute atomic E-state index is 0.0166. The Kier molecular flexibility index (Phi) is 6.05. The number of imide groups is 1. The first-order valence-corrected chi connectivity index (χ1v) is 11.9. The summed E-state index contributed by atoms with van der Waals surface area (Å²) in [7, 11) is 0. The average Bonchev–Trinajstić information content (AvgIpc) is 3.02. The lowest BCUT2D eigenvalue weighted by atomic mass is 10.0. The molecule has 1 aliphatic carbocycles. The van der Waals surface area contributed by atoms with Crippen molar-refractivity contribution in [1.29, 1.82) is 0 Å². The molecule has 2 fully saturated rings. The van der Waals surface area contributed by atoms with Crippen molar-refractivity contribution in [2.24, 2.45) is 16.7 Å². The van der Waals surface area contributed by atoms with Gasteiger partial charge in [-0.05, 0) is 54.5 Å². The molecule has 1 saturated carbocycles. The van der Waals surface area contributed by atoms with Crippen LogP contribution in [0.3, 0.4) is 0 Å². The Morgan fingerprint density at radius 1 is 1.00 bits per heavy atom. The van der Waals surface area contributed by atoms with E-state index in [0.29, 0.717) is 24.6 Å². The van der Waals surface area contributed by atoms with E-state index in [1.54, 1.807) is 29.2 Å². The van der Waals surface area contributed by atoms with Gasteiger partial charge in [0.2, 0.25) is 11.8 Å². The maximum Gasteiger partial charge on any atom is 0.257 e. The molecule has 6 heteroatoms. The maximum absolute atomic E-state index is 13.8. The van der Waals surface area contributed by atoms with Gasteiger partial charge in [0, 0.05) is 12.5 Å². The van der Waals surface area contributed by atoms with Gasteiger partial charge >= 0.3 is 0 Å². The number of hydrogen-bond acceptors (Lipinski definition) is 4. The van der Waals surface area contributed by atoms with Gasteiger partial charge in [-0.15, -0.1) is 0 Å². The molecule has 0 spiro atoms. The molecule has 3 amide bonds. The van der Waals surface area contributed by atoms with Crippen LogP contribution in [0.2, 0.25) is 0 Å². The van der Waals surface area contributed by atoms with Gasteiger partial charge in [-0.2, -0.15) is 0 Å². The molecule has 1 aliphatic heterocycles. The van der Waals surface area contributed by atoms with Crippen LogP contribution in [-0.4, -0.2) is 35.3 Å². The summed E-state index contributed by atoms with van der Waals surface area (Å²) in [5.74, 6) is -0.236. The van der Waals surface area contributed by atoms with Gasteiger partial charge < -0.3 is 9.64 Å². The predicted molar refractivity (Wildman–Crippen MR) is 131 cm³/mol.